The molecule has 0 spiro atoms. The molecular weight excluding hydrogens is 626 g/mol. The van der Waals surface area contributed by atoms with Crippen molar-refractivity contribution >= 4 is 17.2 Å². The molecule has 5 aromatic carbocycles. The molecule has 5 atom stereocenters. The third-order valence-corrected chi connectivity index (χ3v) is 9.03. The Labute approximate surface area is 292 Å². The van der Waals surface area contributed by atoms with Gasteiger partial charge < -0.3 is 28.3 Å². The third-order valence-electron chi connectivity index (χ3n) is 9.03. The molecule has 50 heavy (non-hydrogen) atoms. The maximum Gasteiger partial charge on any atom is 0.163 e. The average molecular weight is 668 g/mol. The van der Waals surface area contributed by atoms with Gasteiger partial charge in [0.15, 0.2) is 12.5 Å². The zero-order valence-corrected chi connectivity index (χ0v) is 27.8. The molecule has 0 aliphatic carbocycles. The molecule has 1 saturated heterocycles. The summed E-state index contributed by atoms with van der Waals surface area (Å²) in [4.78, 5) is 12.3. The summed E-state index contributed by atoms with van der Waals surface area (Å²) >= 11 is 0. The minimum atomic E-state index is -0.667. The van der Waals surface area contributed by atoms with E-state index in [2.05, 4.69) is 0 Å². The third kappa shape index (κ3) is 8.11. The minimum Gasteiger partial charge on any atom is -0.374 e. The maximum atomic E-state index is 12.3. The summed E-state index contributed by atoms with van der Waals surface area (Å²) in [5, 5.41) is 0.842. The van der Waals surface area contributed by atoms with Crippen LogP contribution in [0.3, 0.4) is 0 Å². The smallest absolute Gasteiger partial charge is 0.163 e. The zero-order chi connectivity index (χ0) is 34.0. The highest BCUT2D eigenvalue weighted by atomic mass is 16.6. The SMILES string of the molecule is O=Cc1cn([C@@H]2O[C@H](COCc3ccccc3)[C@H](OCc3ccccc3)[C@H](OCc3ccccc3)[C@H]2OCc2ccccc2)c2ccccc12. The van der Waals surface area contributed by atoms with Crippen molar-refractivity contribution < 1.29 is 28.5 Å². The summed E-state index contributed by atoms with van der Waals surface area (Å²) in [5.74, 6) is 0. The largest absolute Gasteiger partial charge is 0.374 e. The van der Waals surface area contributed by atoms with E-state index in [0.29, 0.717) is 32.0 Å². The molecule has 1 aliphatic heterocycles. The number of nitrogens with zero attached hydrogens (tertiary/aromatic N) is 1. The summed E-state index contributed by atoms with van der Waals surface area (Å²) in [6.45, 7) is 1.70. The minimum absolute atomic E-state index is 0.251. The second-order valence-electron chi connectivity index (χ2n) is 12.5. The van der Waals surface area contributed by atoms with Crippen molar-refractivity contribution in [3.8, 4) is 0 Å². The first-order valence-electron chi connectivity index (χ1n) is 17.1. The van der Waals surface area contributed by atoms with E-state index in [1.54, 1.807) is 0 Å². The molecule has 0 bridgehead atoms. The zero-order valence-electron chi connectivity index (χ0n) is 27.8. The molecule has 1 fully saturated rings. The van der Waals surface area contributed by atoms with Gasteiger partial charge in [0.05, 0.1) is 38.6 Å². The van der Waals surface area contributed by atoms with Crippen LogP contribution in [-0.2, 0) is 50.1 Å². The molecule has 0 saturated carbocycles. The number of para-hydroxylation sites is 1. The first-order chi connectivity index (χ1) is 24.8. The number of fused-ring (bicyclic) bond motifs is 1. The molecule has 0 N–H and O–H groups in total. The second-order valence-corrected chi connectivity index (χ2v) is 12.5. The standard InChI is InChI=1S/C43H41NO6/c45-26-36-25-44(38-24-14-13-23-37(36)38)43-42(49-30-35-21-11-4-12-22-35)41(48-29-34-19-9-3-10-20-34)40(47-28-33-17-7-2-8-18-33)39(50-43)31-46-27-32-15-5-1-6-16-32/h1-26,39-43H,27-31H2/t39-,40+,41+,42-,43-/m1/s1. The first-order valence-corrected chi connectivity index (χ1v) is 17.1. The van der Waals surface area contributed by atoms with Gasteiger partial charge in [0, 0.05) is 17.1 Å². The van der Waals surface area contributed by atoms with Crippen LogP contribution in [0, 0.1) is 0 Å². The Hall–Kier alpha value is -4.89. The molecule has 7 rings (SSSR count). The van der Waals surface area contributed by atoms with Crippen LogP contribution in [0.2, 0.25) is 0 Å². The van der Waals surface area contributed by atoms with Crippen LogP contribution in [0.25, 0.3) is 10.9 Å². The van der Waals surface area contributed by atoms with E-state index in [1.807, 2.05) is 156 Å². The number of ether oxygens (including phenoxy) is 5. The van der Waals surface area contributed by atoms with E-state index in [1.165, 1.54) is 0 Å². The summed E-state index contributed by atoms with van der Waals surface area (Å²) in [5.41, 5.74) is 5.60. The fraction of sp³-hybridized carbons (Fsp3) is 0.233. The van der Waals surface area contributed by atoms with Crippen LogP contribution in [0.1, 0.15) is 38.8 Å². The number of rotatable bonds is 15. The Morgan fingerprint density at radius 2 is 1.00 bits per heavy atom. The van der Waals surface area contributed by atoms with Gasteiger partial charge in [-0.2, -0.15) is 0 Å². The fourth-order valence-corrected chi connectivity index (χ4v) is 6.53. The highest BCUT2D eigenvalue weighted by molar-refractivity contribution is 5.97. The highest BCUT2D eigenvalue weighted by Gasteiger charge is 2.49. The lowest BCUT2D eigenvalue weighted by atomic mass is 9.96. The lowest BCUT2D eigenvalue weighted by molar-refractivity contribution is -0.289. The van der Waals surface area contributed by atoms with Gasteiger partial charge in [-0.3, -0.25) is 4.79 Å². The van der Waals surface area contributed by atoms with Crippen molar-refractivity contribution in [2.24, 2.45) is 0 Å². The van der Waals surface area contributed by atoms with Gasteiger partial charge in [-0.25, -0.2) is 0 Å². The van der Waals surface area contributed by atoms with Crippen LogP contribution in [0.15, 0.2) is 152 Å². The van der Waals surface area contributed by atoms with Crippen molar-refractivity contribution in [3.63, 3.8) is 0 Å². The van der Waals surface area contributed by atoms with Gasteiger partial charge in [-0.15, -0.1) is 0 Å². The van der Waals surface area contributed by atoms with Crippen LogP contribution in [0.4, 0.5) is 0 Å². The number of aromatic nitrogens is 1. The maximum absolute atomic E-state index is 12.3. The molecule has 6 aromatic rings. The van der Waals surface area contributed by atoms with Gasteiger partial charge in [-0.05, 0) is 28.3 Å². The van der Waals surface area contributed by atoms with Crippen molar-refractivity contribution in [2.45, 2.75) is 57.1 Å². The van der Waals surface area contributed by atoms with Gasteiger partial charge in [0.25, 0.3) is 0 Å². The summed E-state index contributed by atoms with van der Waals surface area (Å²) < 4.78 is 35.9. The Balaban J connectivity index is 1.28. The monoisotopic (exact) mass is 667 g/mol. The molecule has 0 amide bonds. The molecule has 0 radical (unpaired) electrons. The normalized spacial score (nSPS) is 20.5. The van der Waals surface area contributed by atoms with E-state index in [0.717, 1.165) is 39.4 Å². The lowest BCUT2D eigenvalue weighted by Gasteiger charge is -2.46. The van der Waals surface area contributed by atoms with Gasteiger partial charge in [0.2, 0.25) is 0 Å². The average Bonchev–Trinajstić information content (AvgIpc) is 3.56. The Morgan fingerprint density at radius 1 is 0.540 bits per heavy atom. The number of aldehydes is 1. The number of hydrogen-bond donors (Lipinski definition) is 0. The predicted molar refractivity (Wildman–Crippen MR) is 192 cm³/mol. The van der Waals surface area contributed by atoms with E-state index in [9.17, 15) is 4.79 Å². The van der Waals surface area contributed by atoms with Crippen molar-refractivity contribution in [3.05, 3.63) is 180 Å². The molecular formula is C43H41NO6. The van der Waals surface area contributed by atoms with Gasteiger partial charge in [0.1, 0.15) is 24.4 Å². The number of carbonyl (C=O) groups excluding carboxylic acids is 1. The Bertz CT molecular complexity index is 1910. The second kappa shape index (κ2) is 16.7. The summed E-state index contributed by atoms with van der Waals surface area (Å²) in [6.07, 6.45) is -0.225. The van der Waals surface area contributed by atoms with E-state index >= 15 is 0 Å². The van der Waals surface area contributed by atoms with Crippen LogP contribution >= 0.6 is 0 Å². The Kier molecular flexibility index (Phi) is 11.2. The summed E-state index contributed by atoms with van der Waals surface area (Å²) in [6, 6.07) is 48.2. The van der Waals surface area contributed by atoms with E-state index < -0.39 is 30.6 Å². The molecule has 1 aliphatic rings. The van der Waals surface area contributed by atoms with Crippen LogP contribution in [-0.4, -0.2) is 41.9 Å². The topological polar surface area (TPSA) is 68.2 Å². The lowest BCUT2D eigenvalue weighted by Crippen LogP contribution is -2.59. The van der Waals surface area contributed by atoms with Crippen molar-refractivity contribution in [1.82, 2.24) is 4.57 Å². The predicted octanol–water partition coefficient (Wildman–Crippen LogP) is 8.32. The number of carbonyl (C=O) groups is 1. The number of hydrogen-bond acceptors (Lipinski definition) is 6. The molecule has 0 unspecified atom stereocenters. The fourth-order valence-electron chi connectivity index (χ4n) is 6.53. The molecule has 1 aromatic heterocycles. The molecule has 2 heterocycles. The van der Waals surface area contributed by atoms with Crippen molar-refractivity contribution in [2.75, 3.05) is 6.61 Å². The first kappa shape index (κ1) is 33.6. The van der Waals surface area contributed by atoms with E-state index in [4.69, 9.17) is 23.7 Å². The van der Waals surface area contributed by atoms with Gasteiger partial charge in [-0.1, -0.05) is 140 Å². The molecule has 254 valence electrons. The van der Waals surface area contributed by atoms with Crippen LogP contribution in [0.5, 0.6) is 0 Å². The molecule has 7 nitrogen and oxygen atoms in total. The number of benzene rings is 5. The van der Waals surface area contributed by atoms with E-state index in [-0.39, 0.29) is 6.61 Å². The van der Waals surface area contributed by atoms with Crippen molar-refractivity contribution in [1.29, 1.82) is 0 Å². The molecule has 7 heteroatoms. The Morgan fingerprint density at radius 3 is 1.54 bits per heavy atom. The summed E-state index contributed by atoms with van der Waals surface area (Å²) in [7, 11) is 0. The highest BCUT2D eigenvalue weighted by Crippen LogP contribution is 2.38. The van der Waals surface area contributed by atoms with Crippen LogP contribution < -0.4 is 0 Å². The van der Waals surface area contributed by atoms with Gasteiger partial charge >= 0.3 is 0 Å². The quantitative estimate of drug-likeness (QED) is 0.103.